The van der Waals surface area contributed by atoms with E-state index in [1.807, 2.05) is 37.3 Å². The lowest BCUT2D eigenvalue weighted by molar-refractivity contribution is -0.113. The molecule has 1 amide bonds. The highest BCUT2D eigenvalue weighted by molar-refractivity contribution is 8.00. The standard InChI is InChI=1S/C29H22FN3O2S/c1-18-3-5-21(6-4-18)25-15-27(22-7-11-23(30)12-8-22)33-29(26(25)16-31)36-17-28(35)32-24-13-9-20(10-14-24)19(2)34/h3-15H,17H2,1-2H3,(H,32,35). The van der Waals surface area contributed by atoms with E-state index < -0.39 is 0 Å². The van der Waals surface area contributed by atoms with Crippen molar-refractivity contribution in [2.45, 2.75) is 18.9 Å². The van der Waals surface area contributed by atoms with Crippen LogP contribution in [0.2, 0.25) is 0 Å². The van der Waals surface area contributed by atoms with Crippen molar-refractivity contribution in [3.05, 3.63) is 101 Å². The molecule has 0 bridgehead atoms. The number of rotatable bonds is 7. The first kappa shape index (κ1) is 24.8. The Morgan fingerprint density at radius 1 is 0.972 bits per heavy atom. The van der Waals surface area contributed by atoms with Crippen LogP contribution in [0.25, 0.3) is 22.4 Å². The normalized spacial score (nSPS) is 10.5. The fraction of sp³-hybridized carbons (Fsp3) is 0.103. The molecule has 0 spiro atoms. The highest BCUT2D eigenvalue weighted by atomic mass is 32.2. The SMILES string of the molecule is CC(=O)c1ccc(NC(=O)CSc2nc(-c3ccc(F)cc3)cc(-c3ccc(C)cc3)c2C#N)cc1. The number of pyridine rings is 1. The molecule has 7 heteroatoms. The molecular formula is C29H22FN3O2S. The number of nitrogens with one attached hydrogen (secondary N) is 1. The first-order valence-corrected chi connectivity index (χ1v) is 12.1. The molecule has 0 unspecified atom stereocenters. The number of hydrogen-bond acceptors (Lipinski definition) is 5. The smallest absolute Gasteiger partial charge is 0.234 e. The van der Waals surface area contributed by atoms with Crippen molar-refractivity contribution < 1.29 is 14.0 Å². The Morgan fingerprint density at radius 2 is 1.61 bits per heavy atom. The number of anilines is 1. The van der Waals surface area contributed by atoms with Crippen LogP contribution in [-0.4, -0.2) is 22.4 Å². The molecular weight excluding hydrogens is 473 g/mol. The average Bonchev–Trinajstić information content (AvgIpc) is 2.88. The van der Waals surface area contributed by atoms with Crippen molar-refractivity contribution in [3.63, 3.8) is 0 Å². The van der Waals surface area contributed by atoms with Crippen LogP contribution in [0.1, 0.15) is 28.4 Å². The van der Waals surface area contributed by atoms with Gasteiger partial charge in [-0.05, 0) is 74.0 Å². The second kappa shape index (κ2) is 11.0. The number of Topliss-reactive ketones (excluding diaryl/α,β-unsaturated/α-hetero) is 1. The molecule has 178 valence electrons. The Balaban J connectivity index is 1.64. The van der Waals surface area contributed by atoms with Gasteiger partial charge in [0.2, 0.25) is 5.91 Å². The predicted molar refractivity (Wildman–Crippen MR) is 140 cm³/mol. The average molecular weight is 496 g/mol. The van der Waals surface area contributed by atoms with Crippen molar-refractivity contribution in [1.82, 2.24) is 4.98 Å². The fourth-order valence-electron chi connectivity index (χ4n) is 3.58. The van der Waals surface area contributed by atoms with Crippen molar-refractivity contribution in [2.75, 3.05) is 11.1 Å². The van der Waals surface area contributed by atoms with E-state index in [0.29, 0.717) is 38.7 Å². The van der Waals surface area contributed by atoms with E-state index in [1.165, 1.54) is 19.1 Å². The summed E-state index contributed by atoms with van der Waals surface area (Å²) in [4.78, 5) is 28.7. The van der Waals surface area contributed by atoms with Gasteiger partial charge in [-0.2, -0.15) is 5.26 Å². The summed E-state index contributed by atoms with van der Waals surface area (Å²) in [6, 6.07) is 24.5. The summed E-state index contributed by atoms with van der Waals surface area (Å²) >= 11 is 1.16. The Bertz CT molecular complexity index is 1460. The number of nitrogens with zero attached hydrogens (tertiary/aromatic N) is 2. The summed E-state index contributed by atoms with van der Waals surface area (Å²) in [6.45, 7) is 3.47. The second-order valence-corrected chi connectivity index (χ2v) is 9.15. The molecule has 0 atom stereocenters. The molecule has 0 saturated carbocycles. The molecule has 4 rings (SSSR count). The van der Waals surface area contributed by atoms with Crippen LogP contribution in [0.4, 0.5) is 10.1 Å². The molecule has 0 radical (unpaired) electrons. The van der Waals surface area contributed by atoms with Crippen LogP contribution in [0, 0.1) is 24.1 Å². The zero-order chi connectivity index (χ0) is 25.7. The van der Waals surface area contributed by atoms with Gasteiger partial charge in [0.05, 0.1) is 17.0 Å². The maximum absolute atomic E-state index is 13.5. The minimum Gasteiger partial charge on any atom is -0.325 e. The number of aromatic nitrogens is 1. The van der Waals surface area contributed by atoms with E-state index in [1.54, 1.807) is 36.4 Å². The van der Waals surface area contributed by atoms with Gasteiger partial charge < -0.3 is 5.32 Å². The maximum Gasteiger partial charge on any atom is 0.234 e. The summed E-state index contributed by atoms with van der Waals surface area (Å²) in [5.74, 6) is -0.654. The van der Waals surface area contributed by atoms with E-state index in [4.69, 9.17) is 0 Å². The Hall–Kier alpha value is -4.28. The zero-order valence-electron chi connectivity index (χ0n) is 19.7. The molecule has 0 aliphatic heterocycles. The third-order valence-corrected chi connectivity index (χ3v) is 6.49. The predicted octanol–water partition coefficient (Wildman–Crippen LogP) is 6.67. The summed E-state index contributed by atoms with van der Waals surface area (Å²) in [7, 11) is 0. The highest BCUT2D eigenvalue weighted by Gasteiger charge is 2.17. The molecule has 3 aromatic carbocycles. The van der Waals surface area contributed by atoms with Crippen LogP contribution >= 0.6 is 11.8 Å². The zero-order valence-corrected chi connectivity index (χ0v) is 20.5. The van der Waals surface area contributed by atoms with E-state index in [2.05, 4.69) is 16.4 Å². The minimum atomic E-state index is -0.353. The molecule has 0 aliphatic rings. The summed E-state index contributed by atoms with van der Waals surface area (Å²) < 4.78 is 13.5. The quantitative estimate of drug-likeness (QED) is 0.229. The number of aryl methyl sites for hydroxylation is 1. The van der Waals surface area contributed by atoms with Crippen LogP contribution < -0.4 is 5.32 Å². The number of carbonyl (C=O) groups excluding carboxylic acids is 2. The van der Waals surface area contributed by atoms with Gasteiger partial charge in [-0.15, -0.1) is 0 Å². The van der Waals surface area contributed by atoms with Crippen molar-refractivity contribution in [3.8, 4) is 28.5 Å². The molecule has 1 aromatic heterocycles. The summed E-state index contributed by atoms with van der Waals surface area (Å²) in [5, 5.41) is 13.2. The first-order valence-electron chi connectivity index (χ1n) is 11.2. The van der Waals surface area contributed by atoms with Gasteiger partial charge in [-0.3, -0.25) is 9.59 Å². The molecule has 4 aromatic rings. The van der Waals surface area contributed by atoms with E-state index in [-0.39, 0.29) is 23.3 Å². The molecule has 36 heavy (non-hydrogen) atoms. The lowest BCUT2D eigenvalue weighted by Crippen LogP contribution is -2.14. The lowest BCUT2D eigenvalue weighted by Gasteiger charge is -2.13. The molecule has 0 fully saturated rings. The van der Waals surface area contributed by atoms with Crippen molar-refractivity contribution in [1.29, 1.82) is 5.26 Å². The third-order valence-electron chi connectivity index (χ3n) is 5.52. The number of amides is 1. The monoisotopic (exact) mass is 495 g/mol. The van der Waals surface area contributed by atoms with Crippen LogP contribution in [0.3, 0.4) is 0 Å². The van der Waals surface area contributed by atoms with Crippen molar-refractivity contribution in [2.24, 2.45) is 0 Å². The topological polar surface area (TPSA) is 82.8 Å². The molecule has 0 saturated heterocycles. The third kappa shape index (κ3) is 5.85. The van der Waals surface area contributed by atoms with Gasteiger partial charge >= 0.3 is 0 Å². The number of benzene rings is 3. The van der Waals surface area contributed by atoms with Gasteiger partial charge in [0.1, 0.15) is 16.9 Å². The van der Waals surface area contributed by atoms with Crippen LogP contribution in [-0.2, 0) is 4.79 Å². The summed E-state index contributed by atoms with van der Waals surface area (Å²) in [6.07, 6.45) is 0. The van der Waals surface area contributed by atoms with Gasteiger partial charge in [-0.25, -0.2) is 9.37 Å². The molecule has 5 nitrogen and oxygen atoms in total. The molecule has 0 aliphatic carbocycles. The highest BCUT2D eigenvalue weighted by Crippen LogP contribution is 2.34. The second-order valence-electron chi connectivity index (χ2n) is 8.19. The van der Waals surface area contributed by atoms with E-state index >= 15 is 0 Å². The van der Waals surface area contributed by atoms with Gasteiger partial charge in [0.25, 0.3) is 0 Å². The van der Waals surface area contributed by atoms with Gasteiger partial charge in [0, 0.05) is 22.4 Å². The van der Waals surface area contributed by atoms with Crippen LogP contribution in [0.15, 0.2) is 83.9 Å². The minimum absolute atomic E-state index is 0.0242. The van der Waals surface area contributed by atoms with Crippen LogP contribution in [0.5, 0.6) is 0 Å². The Kier molecular flexibility index (Phi) is 7.57. The van der Waals surface area contributed by atoms with Crippen molar-refractivity contribution >= 4 is 29.1 Å². The number of carbonyl (C=O) groups is 2. The fourth-order valence-corrected chi connectivity index (χ4v) is 4.39. The number of halogens is 1. The molecule has 1 N–H and O–H groups in total. The number of thioether (sulfide) groups is 1. The first-order chi connectivity index (χ1) is 17.3. The van der Waals surface area contributed by atoms with Gasteiger partial charge in [-0.1, -0.05) is 41.6 Å². The maximum atomic E-state index is 13.5. The Labute approximate surface area is 213 Å². The number of ketones is 1. The Morgan fingerprint density at radius 3 is 2.22 bits per heavy atom. The van der Waals surface area contributed by atoms with Gasteiger partial charge in [0.15, 0.2) is 5.78 Å². The number of hydrogen-bond donors (Lipinski definition) is 1. The molecule has 1 heterocycles. The van der Waals surface area contributed by atoms with E-state index in [9.17, 15) is 19.2 Å². The van der Waals surface area contributed by atoms with E-state index in [0.717, 1.165) is 22.9 Å². The largest absolute Gasteiger partial charge is 0.325 e. The summed E-state index contributed by atoms with van der Waals surface area (Å²) in [5.41, 5.74) is 5.40. The lowest BCUT2D eigenvalue weighted by atomic mass is 9.98. The number of nitriles is 1.